The lowest BCUT2D eigenvalue weighted by Gasteiger charge is -2.09. The molecule has 0 atom stereocenters. The molecule has 37 heavy (non-hydrogen) atoms. The lowest BCUT2D eigenvalue weighted by molar-refractivity contribution is -0.143. The van der Waals surface area contributed by atoms with Gasteiger partial charge in [-0.3, -0.25) is 9.59 Å². The molecule has 13 nitrogen and oxygen atoms in total. The van der Waals surface area contributed by atoms with E-state index in [1.807, 2.05) is 0 Å². The number of carbonyl (C=O) groups excluding carboxylic acids is 2. The highest BCUT2D eigenvalue weighted by Gasteiger charge is 1.97. The Kier molecular flexibility index (Phi) is 29.6. The topological polar surface area (TPSA) is 136 Å². The standard InChI is InChI=1S/C24H46O13/c1-23(25)36-21-19-34-17-15-32-13-11-30-9-7-28-5-3-27-4-6-29-8-10-31-12-14-33-16-18-35-20-22-37-24(2)26/h3-22H2,1-2H3. The first-order valence-corrected chi connectivity index (χ1v) is 12.6. The van der Waals surface area contributed by atoms with Gasteiger partial charge in [-0.05, 0) is 0 Å². The normalized spacial score (nSPS) is 11.1. The van der Waals surface area contributed by atoms with Crippen LogP contribution < -0.4 is 0 Å². The lowest BCUT2D eigenvalue weighted by atomic mass is 10.6. The van der Waals surface area contributed by atoms with E-state index in [0.717, 1.165) is 0 Å². The first-order valence-electron chi connectivity index (χ1n) is 12.6. The van der Waals surface area contributed by atoms with E-state index in [1.165, 1.54) is 13.8 Å². The second-order valence-corrected chi connectivity index (χ2v) is 7.19. The van der Waals surface area contributed by atoms with Gasteiger partial charge in [0, 0.05) is 13.8 Å². The van der Waals surface area contributed by atoms with Crippen LogP contribution in [0.3, 0.4) is 0 Å². The van der Waals surface area contributed by atoms with Crippen LogP contribution in [0.1, 0.15) is 13.8 Å². The summed E-state index contributed by atoms with van der Waals surface area (Å²) in [5, 5.41) is 0. The van der Waals surface area contributed by atoms with E-state index in [1.54, 1.807) is 0 Å². The molecule has 0 aliphatic rings. The number of rotatable bonds is 30. The predicted molar refractivity (Wildman–Crippen MR) is 131 cm³/mol. The fourth-order valence-electron chi connectivity index (χ4n) is 2.35. The summed E-state index contributed by atoms with van der Waals surface area (Å²) in [5.41, 5.74) is 0. The summed E-state index contributed by atoms with van der Waals surface area (Å²) < 4.78 is 57.7. The molecule has 0 rings (SSSR count). The van der Waals surface area contributed by atoms with Crippen LogP contribution in [-0.4, -0.2) is 144 Å². The van der Waals surface area contributed by atoms with Crippen molar-refractivity contribution in [2.45, 2.75) is 13.8 Å². The van der Waals surface area contributed by atoms with Gasteiger partial charge >= 0.3 is 11.9 Å². The zero-order valence-corrected chi connectivity index (χ0v) is 22.4. The van der Waals surface area contributed by atoms with E-state index in [2.05, 4.69) is 0 Å². The zero-order chi connectivity index (χ0) is 27.1. The minimum absolute atomic E-state index is 0.256. The predicted octanol–water partition coefficient (Wildman–Crippen LogP) is 0.262. The van der Waals surface area contributed by atoms with E-state index >= 15 is 0 Å². The van der Waals surface area contributed by atoms with Crippen LogP contribution in [0.25, 0.3) is 0 Å². The molecule has 0 saturated carbocycles. The van der Waals surface area contributed by atoms with Crippen LogP contribution in [-0.2, 0) is 61.7 Å². The van der Waals surface area contributed by atoms with Gasteiger partial charge in [0.25, 0.3) is 0 Å². The molecule has 0 aliphatic carbocycles. The van der Waals surface area contributed by atoms with Crippen molar-refractivity contribution in [3.8, 4) is 0 Å². The smallest absolute Gasteiger partial charge is 0.302 e. The van der Waals surface area contributed by atoms with Gasteiger partial charge in [0.05, 0.1) is 119 Å². The van der Waals surface area contributed by atoms with Gasteiger partial charge in [-0.15, -0.1) is 0 Å². The largest absolute Gasteiger partial charge is 0.463 e. The summed E-state index contributed by atoms with van der Waals surface area (Å²) in [6.07, 6.45) is 0. The number of esters is 2. The molecule has 0 bridgehead atoms. The molecule has 220 valence electrons. The van der Waals surface area contributed by atoms with Crippen molar-refractivity contribution in [2.24, 2.45) is 0 Å². The SMILES string of the molecule is CC(=O)OCCOCCOCCOCCOCCOCCOCCOCCOCCOCCOC(C)=O. The molecule has 0 radical (unpaired) electrons. The van der Waals surface area contributed by atoms with E-state index in [0.29, 0.717) is 119 Å². The van der Waals surface area contributed by atoms with Gasteiger partial charge in [-0.1, -0.05) is 0 Å². The number of hydrogen-bond acceptors (Lipinski definition) is 13. The van der Waals surface area contributed by atoms with Crippen LogP contribution in [0.2, 0.25) is 0 Å². The van der Waals surface area contributed by atoms with E-state index < -0.39 is 0 Å². The maximum absolute atomic E-state index is 10.6. The number of hydrogen-bond donors (Lipinski definition) is 0. The fraction of sp³-hybridized carbons (Fsp3) is 0.917. The highest BCUT2D eigenvalue weighted by molar-refractivity contribution is 5.66. The second kappa shape index (κ2) is 30.8. The quantitative estimate of drug-likeness (QED) is 0.0908. The van der Waals surface area contributed by atoms with Crippen molar-refractivity contribution in [1.29, 1.82) is 0 Å². The third-order valence-electron chi connectivity index (χ3n) is 4.04. The van der Waals surface area contributed by atoms with Crippen LogP contribution >= 0.6 is 0 Å². The molecular formula is C24H46O13. The molecule has 0 fully saturated rings. The Labute approximate surface area is 220 Å². The van der Waals surface area contributed by atoms with Crippen LogP contribution in [0.5, 0.6) is 0 Å². The minimum Gasteiger partial charge on any atom is -0.463 e. The second-order valence-electron chi connectivity index (χ2n) is 7.19. The van der Waals surface area contributed by atoms with Gasteiger partial charge < -0.3 is 52.1 Å². The van der Waals surface area contributed by atoms with E-state index in [4.69, 9.17) is 52.1 Å². The van der Waals surface area contributed by atoms with Crippen molar-refractivity contribution in [1.82, 2.24) is 0 Å². The lowest BCUT2D eigenvalue weighted by Crippen LogP contribution is -2.15. The molecule has 0 N–H and O–H groups in total. The molecule has 0 aromatic rings. The Morgan fingerprint density at radius 3 is 0.568 bits per heavy atom. The molecule has 0 aromatic carbocycles. The maximum Gasteiger partial charge on any atom is 0.302 e. The number of ether oxygens (including phenoxy) is 11. The molecule has 0 unspecified atom stereocenters. The van der Waals surface area contributed by atoms with Gasteiger partial charge in [0.1, 0.15) is 13.2 Å². The summed E-state index contributed by atoms with van der Waals surface area (Å²) in [4.78, 5) is 21.1. The summed E-state index contributed by atoms with van der Waals surface area (Å²) >= 11 is 0. The highest BCUT2D eigenvalue weighted by Crippen LogP contribution is 1.87. The van der Waals surface area contributed by atoms with Crippen LogP contribution in [0.4, 0.5) is 0 Å². The Bertz CT molecular complexity index is 451. The first-order chi connectivity index (χ1) is 18.1. The molecule has 0 aliphatic heterocycles. The van der Waals surface area contributed by atoms with E-state index in [9.17, 15) is 9.59 Å². The summed E-state index contributed by atoms with van der Waals surface area (Å²) in [5.74, 6) is -0.627. The molecule has 0 spiro atoms. The Morgan fingerprint density at radius 2 is 0.432 bits per heavy atom. The summed E-state index contributed by atoms with van der Waals surface area (Å²) in [7, 11) is 0. The van der Waals surface area contributed by atoms with Gasteiger partial charge in [-0.25, -0.2) is 0 Å². The monoisotopic (exact) mass is 542 g/mol. The Morgan fingerprint density at radius 1 is 0.297 bits per heavy atom. The van der Waals surface area contributed by atoms with Gasteiger partial charge in [-0.2, -0.15) is 0 Å². The Hall–Kier alpha value is -1.42. The average Bonchev–Trinajstić information content (AvgIpc) is 2.87. The van der Waals surface area contributed by atoms with Crippen molar-refractivity contribution in [2.75, 3.05) is 132 Å². The maximum atomic E-state index is 10.6. The zero-order valence-electron chi connectivity index (χ0n) is 22.4. The fourth-order valence-corrected chi connectivity index (χ4v) is 2.35. The minimum atomic E-state index is -0.314. The molecule has 0 saturated heterocycles. The highest BCUT2D eigenvalue weighted by atomic mass is 16.6. The first kappa shape index (κ1) is 35.6. The van der Waals surface area contributed by atoms with Crippen LogP contribution in [0.15, 0.2) is 0 Å². The third-order valence-corrected chi connectivity index (χ3v) is 4.04. The van der Waals surface area contributed by atoms with Crippen LogP contribution in [0, 0.1) is 0 Å². The van der Waals surface area contributed by atoms with Crippen molar-refractivity contribution in [3.05, 3.63) is 0 Å². The summed E-state index contributed by atoms with van der Waals surface area (Å²) in [6.45, 7) is 11.6. The Balaban J connectivity index is 3.03. The van der Waals surface area contributed by atoms with Crippen molar-refractivity contribution >= 4 is 11.9 Å². The molecule has 0 amide bonds. The number of carbonyl (C=O) groups is 2. The molecular weight excluding hydrogens is 496 g/mol. The van der Waals surface area contributed by atoms with Gasteiger partial charge in [0.2, 0.25) is 0 Å². The average molecular weight is 543 g/mol. The summed E-state index contributed by atoms with van der Waals surface area (Å²) in [6, 6.07) is 0. The van der Waals surface area contributed by atoms with Crippen molar-refractivity contribution in [3.63, 3.8) is 0 Å². The molecule has 13 heteroatoms. The van der Waals surface area contributed by atoms with Gasteiger partial charge in [0.15, 0.2) is 0 Å². The van der Waals surface area contributed by atoms with Crippen molar-refractivity contribution < 1.29 is 61.7 Å². The molecule has 0 aromatic heterocycles. The third kappa shape index (κ3) is 34.6. The molecule has 0 heterocycles. The van der Waals surface area contributed by atoms with E-state index in [-0.39, 0.29) is 25.2 Å².